The average molecular weight is 234 g/mol. The number of nitrogens with two attached hydrogens (primary N) is 1. The first kappa shape index (κ1) is 11.8. The van der Waals surface area contributed by atoms with Crippen molar-refractivity contribution >= 4 is 16.9 Å². The van der Waals surface area contributed by atoms with Crippen LogP contribution in [-0.2, 0) is 7.05 Å². The molecule has 0 aliphatic carbocycles. The first-order valence-corrected chi connectivity index (χ1v) is 5.84. The van der Waals surface area contributed by atoms with Gasteiger partial charge < -0.3 is 11.1 Å². The summed E-state index contributed by atoms with van der Waals surface area (Å²) < 4.78 is 1.73. The van der Waals surface area contributed by atoms with Gasteiger partial charge in [0.05, 0.1) is 11.6 Å². The molecule has 0 saturated carbocycles. The Morgan fingerprint density at radius 1 is 1.47 bits per heavy atom. The van der Waals surface area contributed by atoms with Gasteiger partial charge in [-0.05, 0) is 6.42 Å². The van der Waals surface area contributed by atoms with Gasteiger partial charge in [-0.3, -0.25) is 4.68 Å². The number of nitrogens with zero attached hydrogens (tertiary/aromatic N) is 4. The van der Waals surface area contributed by atoms with Gasteiger partial charge in [0.15, 0.2) is 5.65 Å². The van der Waals surface area contributed by atoms with Crippen LogP contribution in [0.25, 0.3) is 11.0 Å². The molecule has 0 spiro atoms. The monoisotopic (exact) mass is 234 g/mol. The summed E-state index contributed by atoms with van der Waals surface area (Å²) in [6.45, 7) is 2.85. The number of fused-ring (bicyclic) bond motifs is 1. The molecule has 0 bridgehead atoms. The summed E-state index contributed by atoms with van der Waals surface area (Å²) in [5.74, 6) is 0.801. The molecule has 0 fully saturated rings. The molecule has 0 aliphatic rings. The van der Waals surface area contributed by atoms with Gasteiger partial charge in [0.25, 0.3) is 0 Å². The maximum Gasteiger partial charge on any atom is 0.163 e. The van der Waals surface area contributed by atoms with Crippen LogP contribution in [0.4, 0.5) is 5.82 Å². The lowest BCUT2D eigenvalue weighted by Crippen LogP contribution is -2.29. The Balaban J connectivity index is 2.13. The maximum absolute atomic E-state index is 5.95. The highest BCUT2D eigenvalue weighted by atomic mass is 15.3. The van der Waals surface area contributed by atoms with Crippen LogP contribution in [0, 0.1) is 0 Å². The molecule has 3 N–H and O–H groups in total. The molecule has 2 aromatic heterocycles. The minimum atomic E-state index is 0.154. The number of aromatic nitrogens is 4. The summed E-state index contributed by atoms with van der Waals surface area (Å²) in [5, 5.41) is 8.35. The molecule has 92 valence electrons. The molecule has 0 saturated heterocycles. The summed E-state index contributed by atoms with van der Waals surface area (Å²) in [4.78, 5) is 8.40. The fourth-order valence-electron chi connectivity index (χ4n) is 1.80. The predicted octanol–water partition coefficient (Wildman–Crippen LogP) is 0.903. The fourth-order valence-corrected chi connectivity index (χ4v) is 1.80. The van der Waals surface area contributed by atoms with E-state index >= 15 is 0 Å². The highest BCUT2D eigenvalue weighted by molar-refractivity contribution is 5.85. The molecular weight excluding hydrogens is 216 g/mol. The van der Waals surface area contributed by atoms with Crippen LogP contribution in [0.2, 0.25) is 0 Å². The standard InChI is InChI=1S/C11H18N6/c1-3-4-8(12)5-13-10-9-6-16-17(2)11(9)15-7-14-10/h6-8H,3-5,12H2,1-2H3,(H,13,14,15). The molecule has 0 aliphatic heterocycles. The fraction of sp³-hybridized carbons (Fsp3) is 0.545. The summed E-state index contributed by atoms with van der Waals surface area (Å²) in [5.41, 5.74) is 6.78. The largest absolute Gasteiger partial charge is 0.368 e. The number of hydrogen-bond donors (Lipinski definition) is 2. The number of rotatable bonds is 5. The zero-order valence-corrected chi connectivity index (χ0v) is 10.2. The van der Waals surface area contributed by atoms with E-state index in [0.29, 0.717) is 0 Å². The third-order valence-electron chi connectivity index (χ3n) is 2.72. The number of aryl methyl sites for hydroxylation is 1. The van der Waals surface area contributed by atoms with Crippen molar-refractivity contribution in [2.45, 2.75) is 25.8 Å². The van der Waals surface area contributed by atoms with E-state index in [9.17, 15) is 0 Å². The lowest BCUT2D eigenvalue weighted by molar-refractivity contribution is 0.626. The van der Waals surface area contributed by atoms with Crippen molar-refractivity contribution in [1.82, 2.24) is 19.7 Å². The zero-order chi connectivity index (χ0) is 12.3. The Bertz CT molecular complexity index is 492. The highest BCUT2D eigenvalue weighted by Gasteiger charge is 2.08. The number of nitrogens with one attached hydrogen (secondary N) is 1. The van der Waals surface area contributed by atoms with Gasteiger partial charge in [-0.15, -0.1) is 0 Å². The van der Waals surface area contributed by atoms with Crippen LogP contribution >= 0.6 is 0 Å². The summed E-state index contributed by atoms with van der Waals surface area (Å²) in [6, 6.07) is 0.154. The van der Waals surface area contributed by atoms with Gasteiger partial charge in [0.1, 0.15) is 12.1 Å². The van der Waals surface area contributed by atoms with Crippen LogP contribution in [0.1, 0.15) is 19.8 Å². The number of anilines is 1. The SMILES string of the molecule is CCCC(N)CNc1ncnc2c1cnn2C. The highest BCUT2D eigenvalue weighted by Crippen LogP contribution is 2.17. The van der Waals surface area contributed by atoms with Gasteiger partial charge in [0.2, 0.25) is 0 Å². The quantitative estimate of drug-likeness (QED) is 0.803. The van der Waals surface area contributed by atoms with Crippen LogP contribution in [0.3, 0.4) is 0 Å². The summed E-state index contributed by atoms with van der Waals surface area (Å²) in [6.07, 6.45) is 5.41. The Kier molecular flexibility index (Phi) is 3.53. The average Bonchev–Trinajstić information content (AvgIpc) is 2.70. The smallest absolute Gasteiger partial charge is 0.163 e. The van der Waals surface area contributed by atoms with Crippen molar-refractivity contribution < 1.29 is 0 Å². The summed E-state index contributed by atoms with van der Waals surface area (Å²) in [7, 11) is 1.86. The Hall–Kier alpha value is -1.69. The second kappa shape index (κ2) is 5.09. The third kappa shape index (κ3) is 2.52. The Morgan fingerprint density at radius 2 is 2.29 bits per heavy atom. The second-order valence-electron chi connectivity index (χ2n) is 4.16. The van der Waals surface area contributed by atoms with E-state index in [1.54, 1.807) is 10.9 Å². The van der Waals surface area contributed by atoms with E-state index in [2.05, 4.69) is 27.3 Å². The van der Waals surface area contributed by atoms with E-state index in [-0.39, 0.29) is 6.04 Å². The van der Waals surface area contributed by atoms with Crippen LogP contribution < -0.4 is 11.1 Å². The predicted molar refractivity (Wildman–Crippen MR) is 67.7 cm³/mol. The van der Waals surface area contributed by atoms with Crippen LogP contribution in [0.5, 0.6) is 0 Å². The topological polar surface area (TPSA) is 81.7 Å². The van der Waals surface area contributed by atoms with Crippen molar-refractivity contribution in [2.75, 3.05) is 11.9 Å². The molecule has 2 heterocycles. The maximum atomic E-state index is 5.95. The second-order valence-corrected chi connectivity index (χ2v) is 4.16. The van der Waals surface area contributed by atoms with Crippen molar-refractivity contribution in [2.24, 2.45) is 12.8 Å². The molecule has 0 amide bonds. The Labute approximate surface area is 100 Å². The van der Waals surface area contributed by atoms with Crippen molar-refractivity contribution in [1.29, 1.82) is 0 Å². The van der Waals surface area contributed by atoms with E-state index in [4.69, 9.17) is 5.73 Å². The molecule has 6 heteroatoms. The lowest BCUT2D eigenvalue weighted by atomic mass is 10.2. The molecule has 2 rings (SSSR count). The van der Waals surface area contributed by atoms with Gasteiger partial charge >= 0.3 is 0 Å². The van der Waals surface area contributed by atoms with Crippen molar-refractivity contribution in [3.05, 3.63) is 12.5 Å². The van der Waals surface area contributed by atoms with E-state index in [1.165, 1.54) is 6.33 Å². The molecule has 0 radical (unpaired) electrons. The molecule has 6 nitrogen and oxygen atoms in total. The normalized spacial score (nSPS) is 12.9. The minimum Gasteiger partial charge on any atom is -0.368 e. The molecule has 17 heavy (non-hydrogen) atoms. The molecule has 1 atom stereocenters. The van der Waals surface area contributed by atoms with Crippen LogP contribution in [0.15, 0.2) is 12.5 Å². The minimum absolute atomic E-state index is 0.154. The molecule has 1 unspecified atom stereocenters. The van der Waals surface area contributed by atoms with Crippen molar-refractivity contribution in [3.8, 4) is 0 Å². The first-order valence-electron chi connectivity index (χ1n) is 5.84. The summed E-state index contributed by atoms with van der Waals surface area (Å²) >= 11 is 0. The number of hydrogen-bond acceptors (Lipinski definition) is 5. The van der Waals surface area contributed by atoms with Gasteiger partial charge in [0, 0.05) is 19.6 Å². The molecule has 2 aromatic rings. The van der Waals surface area contributed by atoms with E-state index in [0.717, 1.165) is 36.2 Å². The Morgan fingerprint density at radius 3 is 3.06 bits per heavy atom. The third-order valence-corrected chi connectivity index (χ3v) is 2.72. The lowest BCUT2D eigenvalue weighted by Gasteiger charge is -2.12. The van der Waals surface area contributed by atoms with Gasteiger partial charge in [-0.25, -0.2) is 9.97 Å². The van der Waals surface area contributed by atoms with E-state index in [1.807, 2.05) is 7.05 Å². The van der Waals surface area contributed by atoms with Crippen molar-refractivity contribution in [3.63, 3.8) is 0 Å². The van der Waals surface area contributed by atoms with Crippen LogP contribution in [-0.4, -0.2) is 32.3 Å². The molecular formula is C11H18N6. The van der Waals surface area contributed by atoms with E-state index < -0.39 is 0 Å². The van der Waals surface area contributed by atoms with Gasteiger partial charge in [-0.2, -0.15) is 5.10 Å². The first-order chi connectivity index (χ1) is 8.22. The van der Waals surface area contributed by atoms with Gasteiger partial charge in [-0.1, -0.05) is 13.3 Å². The molecule has 0 aromatic carbocycles. The zero-order valence-electron chi connectivity index (χ0n) is 10.2.